The number of carboxylic acids is 1. The van der Waals surface area contributed by atoms with Crippen LogP contribution in [0.4, 0.5) is 5.82 Å². The number of nitrogen functional groups attached to an aromatic ring is 1. The second-order valence-corrected chi connectivity index (χ2v) is 3.27. The molecule has 0 aliphatic carbocycles. The maximum atomic E-state index is 10.7. The van der Waals surface area contributed by atoms with Crippen molar-refractivity contribution in [1.82, 2.24) is 9.97 Å². The van der Waals surface area contributed by atoms with Gasteiger partial charge in [0.05, 0.1) is 5.56 Å². The number of hydrogen-bond donors (Lipinski definition) is 2. The van der Waals surface area contributed by atoms with E-state index in [9.17, 15) is 4.79 Å². The lowest BCUT2D eigenvalue weighted by Crippen LogP contribution is -2.00. The van der Waals surface area contributed by atoms with Crippen LogP contribution < -0.4 is 5.73 Å². The van der Waals surface area contributed by atoms with Gasteiger partial charge in [-0.1, -0.05) is 0 Å². The van der Waals surface area contributed by atoms with Gasteiger partial charge in [0.1, 0.15) is 5.82 Å². The first kappa shape index (κ1) is 9.39. The number of nitrogens with zero attached hydrogens (tertiary/aromatic N) is 2. The summed E-state index contributed by atoms with van der Waals surface area (Å²) >= 11 is 0. The van der Waals surface area contributed by atoms with E-state index in [1.807, 2.05) is 6.92 Å². The normalized spacial score (nSPS) is 10.5. The molecule has 3 N–H and O–H groups in total. The third-order valence-electron chi connectivity index (χ3n) is 2.14. The number of aromatic carboxylic acids is 1. The minimum atomic E-state index is -1.00. The lowest BCUT2D eigenvalue weighted by molar-refractivity contribution is 0.0696. The molecule has 0 saturated heterocycles. The lowest BCUT2D eigenvalue weighted by Gasteiger charge is -2.02. The van der Waals surface area contributed by atoms with Crippen molar-refractivity contribution >= 4 is 22.8 Å². The maximum Gasteiger partial charge on any atom is 0.337 e. The summed E-state index contributed by atoms with van der Waals surface area (Å²) in [5.41, 5.74) is 7.04. The Bertz CT molecular complexity index is 552. The molecule has 0 bridgehead atoms. The number of carbonyl (C=O) groups is 1. The molecular weight excluding hydrogens is 194 g/mol. The number of hydrogen-bond acceptors (Lipinski definition) is 4. The van der Waals surface area contributed by atoms with E-state index >= 15 is 0 Å². The van der Waals surface area contributed by atoms with Crippen molar-refractivity contribution in [1.29, 1.82) is 0 Å². The van der Waals surface area contributed by atoms with Crippen molar-refractivity contribution in [2.24, 2.45) is 0 Å². The monoisotopic (exact) mass is 203 g/mol. The molecule has 2 aromatic rings. The number of anilines is 1. The van der Waals surface area contributed by atoms with Gasteiger partial charge in [-0.2, -0.15) is 0 Å². The number of rotatable bonds is 1. The number of carboxylic acid groups (broad SMARTS) is 1. The first-order valence-corrected chi connectivity index (χ1v) is 4.34. The Labute approximate surface area is 85.6 Å². The fourth-order valence-corrected chi connectivity index (χ4v) is 1.30. The van der Waals surface area contributed by atoms with Gasteiger partial charge < -0.3 is 10.8 Å². The Kier molecular flexibility index (Phi) is 2.00. The number of aromatic nitrogens is 2. The van der Waals surface area contributed by atoms with E-state index in [4.69, 9.17) is 10.8 Å². The van der Waals surface area contributed by atoms with Crippen molar-refractivity contribution in [3.63, 3.8) is 0 Å². The Morgan fingerprint density at radius 3 is 2.87 bits per heavy atom. The van der Waals surface area contributed by atoms with Crippen molar-refractivity contribution in [2.45, 2.75) is 6.92 Å². The molecule has 0 radical (unpaired) electrons. The number of nitrogens with two attached hydrogens (primary N) is 1. The summed E-state index contributed by atoms with van der Waals surface area (Å²) in [6.07, 6.45) is 1.27. The Hall–Kier alpha value is -2.17. The number of fused-ring (bicyclic) bond motifs is 1. The standard InChI is InChI=1S/C10H9N3O2/c1-5-2-6-3-7(10(14)15)4-12-9(6)13-8(5)11/h2-4H,1H3,(H,14,15)(H2,11,12,13). The Morgan fingerprint density at radius 1 is 1.47 bits per heavy atom. The fraction of sp³-hybridized carbons (Fsp3) is 0.100. The van der Waals surface area contributed by atoms with Gasteiger partial charge in [0.15, 0.2) is 5.65 Å². The van der Waals surface area contributed by atoms with Gasteiger partial charge in [-0.25, -0.2) is 14.8 Å². The summed E-state index contributed by atoms with van der Waals surface area (Å²) in [5, 5.41) is 9.47. The highest BCUT2D eigenvalue weighted by molar-refractivity contribution is 5.92. The van der Waals surface area contributed by atoms with Crippen LogP contribution in [0.1, 0.15) is 15.9 Å². The van der Waals surface area contributed by atoms with Crippen molar-refractivity contribution in [3.05, 3.63) is 29.5 Å². The van der Waals surface area contributed by atoms with Crippen LogP contribution in [0.3, 0.4) is 0 Å². The van der Waals surface area contributed by atoms with E-state index in [1.54, 1.807) is 6.07 Å². The highest BCUT2D eigenvalue weighted by Crippen LogP contribution is 2.16. The van der Waals surface area contributed by atoms with Gasteiger partial charge in [-0.3, -0.25) is 0 Å². The lowest BCUT2D eigenvalue weighted by atomic mass is 10.2. The molecule has 0 fully saturated rings. The van der Waals surface area contributed by atoms with E-state index in [-0.39, 0.29) is 5.56 Å². The van der Waals surface area contributed by atoms with E-state index in [1.165, 1.54) is 12.3 Å². The zero-order valence-electron chi connectivity index (χ0n) is 8.06. The summed E-state index contributed by atoms with van der Waals surface area (Å²) < 4.78 is 0. The molecule has 0 saturated carbocycles. The summed E-state index contributed by atoms with van der Waals surface area (Å²) in [6.45, 7) is 1.81. The molecule has 15 heavy (non-hydrogen) atoms. The van der Waals surface area contributed by atoms with Crippen molar-refractivity contribution < 1.29 is 9.90 Å². The molecule has 0 aliphatic heterocycles. The first-order chi connectivity index (χ1) is 7.08. The van der Waals surface area contributed by atoms with Gasteiger partial charge in [0.2, 0.25) is 0 Å². The highest BCUT2D eigenvalue weighted by atomic mass is 16.4. The van der Waals surface area contributed by atoms with Gasteiger partial charge in [0.25, 0.3) is 0 Å². The Balaban J connectivity index is 2.72. The van der Waals surface area contributed by atoms with E-state index in [0.717, 1.165) is 5.56 Å². The topological polar surface area (TPSA) is 89.1 Å². The van der Waals surface area contributed by atoms with Crippen molar-refractivity contribution in [3.8, 4) is 0 Å². The van der Waals surface area contributed by atoms with Crippen LogP contribution in [0.15, 0.2) is 18.3 Å². The summed E-state index contributed by atoms with van der Waals surface area (Å²) in [4.78, 5) is 18.7. The van der Waals surface area contributed by atoms with E-state index in [2.05, 4.69) is 9.97 Å². The van der Waals surface area contributed by atoms with Crippen LogP contribution in [0.5, 0.6) is 0 Å². The molecule has 0 spiro atoms. The molecule has 0 amide bonds. The molecule has 5 nitrogen and oxygen atoms in total. The van der Waals surface area contributed by atoms with Gasteiger partial charge in [0, 0.05) is 11.6 Å². The zero-order valence-corrected chi connectivity index (χ0v) is 8.06. The molecule has 0 aromatic carbocycles. The minimum Gasteiger partial charge on any atom is -0.478 e. The second kappa shape index (κ2) is 3.20. The van der Waals surface area contributed by atoms with Gasteiger partial charge in [-0.05, 0) is 24.6 Å². The average Bonchev–Trinajstić information content (AvgIpc) is 2.19. The largest absolute Gasteiger partial charge is 0.478 e. The van der Waals surface area contributed by atoms with Crippen LogP contribution in [0, 0.1) is 6.92 Å². The number of pyridine rings is 2. The number of aryl methyl sites for hydroxylation is 1. The van der Waals surface area contributed by atoms with E-state index in [0.29, 0.717) is 16.9 Å². The molecule has 5 heteroatoms. The summed E-state index contributed by atoms with van der Waals surface area (Å²) in [6, 6.07) is 3.31. The predicted molar refractivity (Wildman–Crippen MR) is 55.6 cm³/mol. The van der Waals surface area contributed by atoms with Crippen molar-refractivity contribution in [2.75, 3.05) is 5.73 Å². The molecule has 2 heterocycles. The van der Waals surface area contributed by atoms with E-state index < -0.39 is 5.97 Å². The molecular formula is C10H9N3O2. The molecule has 2 rings (SSSR count). The highest BCUT2D eigenvalue weighted by Gasteiger charge is 2.06. The second-order valence-electron chi connectivity index (χ2n) is 3.27. The third-order valence-corrected chi connectivity index (χ3v) is 2.14. The zero-order chi connectivity index (χ0) is 11.0. The third kappa shape index (κ3) is 1.59. The van der Waals surface area contributed by atoms with Crippen LogP contribution >= 0.6 is 0 Å². The fourth-order valence-electron chi connectivity index (χ4n) is 1.30. The molecule has 2 aromatic heterocycles. The molecule has 0 aliphatic rings. The quantitative estimate of drug-likeness (QED) is 0.727. The molecule has 0 unspecified atom stereocenters. The molecule has 76 valence electrons. The maximum absolute atomic E-state index is 10.7. The minimum absolute atomic E-state index is 0.147. The first-order valence-electron chi connectivity index (χ1n) is 4.34. The van der Waals surface area contributed by atoms with Crippen LogP contribution in [0.25, 0.3) is 11.0 Å². The van der Waals surface area contributed by atoms with Crippen LogP contribution in [0.2, 0.25) is 0 Å². The predicted octanol–water partition coefficient (Wildman–Crippen LogP) is 1.22. The van der Waals surface area contributed by atoms with Gasteiger partial charge in [-0.15, -0.1) is 0 Å². The van der Waals surface area contributed by atoms with Gasteiger partial charge >= 0.3 is 5.97 Å². The smallest absolute Gasteiger partial charge is 0.337 e. The molecule has 0 atom stereocenters. The summed E-state index contributed by atoms with van der Waals surface area (Å²) in [7, 11) is 0. The summed E-state index contributed by atoms with van der Waals surface area (Å²) in [5.74, 6) is -0.586. The van der Waals surface area contributed by atoms with Crippen LogP contribution in [-0.4, -0.2) is 21.0 Å². The Morgan fingerprint density at radius 2 is 2.20 bits per heavy atom. The van der Waals surface area contributed by atoms with Crippen LogP contribution in [-0.2, 0) is 0 Å². The average molecular weight is 203 g/mol. The SMILES string of the molecule is Cc1cc2cc(C(=O)O)cnc2nc1N.